The first-order valence-corrected chi connectivity index (χ1v) is 19.8. The van der Waals surface area contributed by atoms with Gasteiger partial charge in [-0.05, 0) is 116 Å². The molecule has 8 rings (SSSR count). The summed E-state index contributed by atoms with van der Waals surface area (Å²) in [4.78, 5) is 10.4. The monoisotopic (exact) mass is 746 g/mol. The number of hydrogen-bond acceptors (Lipinski definition) is 3. The smallest absolute Gasteiger partial charge is 0.149 e. The van der Waals surface area contributed by atoms with E-state index in [9.17, 15) is 5.11 Å². The summed E-state index contributed by atoms with van der Waals surface area (Å²) < 4.78 is 10.7. The molecule has 0 atom stereocenters. The molecule has 2 heterocycles. The summed E-state index contributed by atoms with van der Waals surface area (Å²) in [5.74, 6) is 0.203. The first-order chi connectivity index (χ1) is 27.6. The quantitative estimate of drug-likeness (QED) is 0.177. The van der Waals surface area contributed by atoms with Crippen molar-refractivity contribution in [3.05, 3.63) is 168 Å². The molecule has 2 aromatic heterocycles. The minimum Gasteiger partial charge on any atom is -0.507 e. The van der Waals surface area contributed by atoms with Crippen LogP contribution in [0.15, 0.2) is 152 Å². The molecule has 0 saturated heterocycles. The van der Waals surface area contributed by atoms with Crippen molar-refractivity contribution in [3.8, 4) is 67.5 Å². The Morgan fingerprint density at radius 2 is 1.23 bits per heavy atom. The molecule has 0 unspecified atom stereocenters. The summed E-state index contributed by atoms with van der Waals surface area (Å²) >= 11 is 0. The molecule has 0 aliphatic rings. The van der Waals surface area contributed by atoms with Crippen LogP contribution in [0.4, 0.5) is 0 Å². The highest BCUT2D eigenvalue weighted by Crippen LogP contribution is 2.42. The van der Waals surface area contributed by atoms with Gasteiger partial charge in [-0.25, -0.2) is 4.98 Å². The summed E-state index contributed by atoms with van der Waals surface area (Å²) in [7, 11) is 0. The minimum absolute atomic E-state index is 0.141. The molecular weight excluding hydrogens is 695 g/mol. The largest absolute Gasteiger partial charge is 0.507 e. The fourth-order valence-electron chi connectivity index (χ4n) is 7.69. The summed E-state index contributed by atoms with van der Waals surface area (Å²) in [5.41, 5.74) is 14.9. The fraction of sp³-hybridized carbons (Fsp3) is 0.208. The zero-order chi connectivity index (χ0) is 41.0. The van der Waals surface area contributed by atoms with Crippen molar-refractivity contribution in [2.75, 3.05) is 0 Å². The number of phenols is 1. The van der Waals surface area contributed by atoms with Gasteiger partial charge in [0.25, 0.3) is 0 Å². The summed E-state index contributed by atoms with van der Waals surface area (Å²) in [6, 6.07) is 50.4. The van der Waals surface area contributed by atoms with E-state index in [0.717, 1.165) is 61.4 Å². The molecule has 0 aliphatic heterocycles. The number of fused-ring (bicyclic) bond motifs is 1. The van der Waals surface area contributed by atoms with Gasteiger partial charge in [0, 0.05) is 18.7 Å². The molecule has 0 spiro atoms. The first kappa shape index (κ1) is 36.4. The molecule has 6 aromatic carbocycles. The third-order valence-corrected chi connectivity index (χ3v) is 10.9. The number of aromatic nitrogens is 3. The van der Waals surface area contributed by atoms with Crippen molar-refractivity contribution < 1.29 is 6.48 Å². The topological polar surface area (TPSA) is 50.9 Å². The Bertz CT molecular complexity index is 2780. The second kappa shape index (κ2) is 14.7. The van der Waals surface area contributed by atoms with E-state index in [1.807, 2.05) is 62.5 Å². The van der Waals surface area contributed by atoms with Gasteiger partial charge in [-0.3, -0.25) is 9.55 Å². The molecule has 284 valence electrons. The van der Waals surface area contributed by atoms with Crippen LogP contribution in [0.25, 0.3) is 72.7 Å². The van der Waals surface area contributed by atoms with E-state index in [-0.39, 0.29) is 16.6 Å². The summed E-state index contributed by atoms with van der Waals surface area (Å²) in [6.45, 7) is 17.3. The van der Waals surface area contributed by atoms with E-state index in [0.29, 0.717) is 11.4 Å². The van der Waals surface area contributed by atoms with Crippen LogP contribution in [-0.2, 0) is 10.8 Å². The Kier molecular flexibility index (Phi) is 9.37. The van der Waals surface area contributed by atoms with Crippen molar-refractivity contribution >= 4 is 11.0 Å². The van der Waals surface area contributed by atoms with Crippen LogP contribution in [0, 0.1) is 0 Å². The number of benzene rings is 6. The number of phenolic OH excluding ortho intramolecular Hbond substituents is 1. The number of aromatic hydroxyl groups is 1. The zero-order valence-electron chi connectivity index (χ0n) is 35.2. The second-order valence-corrected chi connectivity index (χ2v) is 17.4. The van der Waals surface area contributed by atoms with Gasteiger partial charge in [0.15, 0.2) is 0 Å². The lowest BCUT2D eigenvalue weighted by Crippen LogP contribution is -2.16. The maximum atomic E-state index is 11.3. The highest BCUT2D eigenvalue weighted by Gasteiger charge is 2.26. The van der Waals surface area contributed by atoms with Gasteiger partial charge in [-0.1, -0.05) is 146 Å². The number of rotatable bonds is 7. The van der Waals surface area contributed by atoms with Crippen molar-refractivity contribution in [1.82, 2.24) is 14.5 Å². The zero-order valence-corrected chi connectivity index (χ0v) is 34.2. The first-order valence-electron chi connectivity index (χ1n) is 20.3. The van der Waals surface area contributed by atoms with Gasteiger partial charge in [0.2, 0.25) is 0 Å². The molecule has 0 saturated carbocycles. The molecule has 0 radical (unpaired) electrons. The van der Waals surface area contributed by atoms with Gasteiger partial charge in [-0.2, -0.15) is 0 Å². The van der Waals surface area contributed by atoms with E-state index in [4.69, 9.17) is 11.3 Å². The number of hydrogen-bond donors (Lipinski definition) is 1. The van der Waals surface area contributed by atoms with Crippen LogP contribution >= 0.6 is 0 Å². The molecule has 0 amide bonds. The van der Waals surface area contributed by atoms with Crippen molar-refractivity contribution in [2.24, 2.45) is 0 Å². The summed E-state index contributed by atoms with van der Waals surface area (Å²) in [5, 5.41) is 11.3. The highest BCUT2D eigenvalue weighted by molar-refractivity contribution is 5.97. The lowest BCUT2D eigenvalue weighted by molar-refractivity contribution is 0.477. The van der Waals surface area contributed by atoms with Crippen LogP contribution in [0.3, 0.4) is 0 Å². The van der Waals surface area contributed by atoms with E-state index in [2.05, 4.69) is 143 Å². The Balaban J connectivity index is 1.34. The normalized spacial score (nSPS) is 12.5. The standard InChI is InChI=1S/C53H51N3O/c1-34(2)35-21-23-37(24-22-35)39-27-28-54-46(33-39)41-29-40(30-42(31-41)52(3,4)5)43-18-14-19-48-50(43)55-51(44-17-12-13-20-49(44)57)56(48)47-26-25-38(32-45(47)53(6,7)8)36-15-10-9-11-16-36/h9-34,57H,1-8H3/i34D. The minimum atomic E-state index is -0.658. The molecule has 0 fully saturated rings. The second-order valence-electron chi connectivity index (χ2n) is 17.4. The molecule has 8 aromatic rings. The molecular formula is C53H51N3O. The van der Waals surface area contributed by atoms with Gasteiger partial charge in [0.05, 0.1) is 28.0 Å². The molecule has 0 bridgehead atoms. The van der Waals surface area contributed by atoms with Gasteiger partial charge in [0.1, 0.15) is 11.6 Å². The van der Waals surface area contributed by atoms with E-state index >= 15 is 0 Å². The summed E-state index contributed by atoms with van der Waals surface area (Å²) in [6.07, 6.45) is 1.88. The van der Waals surface area contributed by atoms with E-state index in [1.54, 1.807) is 6.07 Å². The van der Waals surface area contributed by atoms with Crippen LogP contribution in [0.5, 0.6) is 5.75 Å². The number of nitrogens with zero attached hydrogens (tertiary/aromatic N) is 3. The Morgan fingerprint density at radius 1 is 0.579 bits per heavy atom. The molecule has 4 heteroatoms. The van der Waals surface area contributed by atoms with Crippen LogP contribution in [-0.4, -0.2) is 19.6 Å². The lowest BCUT2D eigenvalue weighted by atomic mass is 9.83. The lowest BCUT2D eigenvalue weighted by Gasteiger charge is -2.25. The predicted molar refractivity (Wildman–Crippen MR) is 239 cm³/mol. The molecule has 0 aliphatic carbocycles. The maximum Gasteiger partial charge on any atom is 0.149 e. The Labute approximate surface area is 339 Å². The van der Waals surface area contributed by atoms with Gasteiger partial charge < -0.3 is 5.11 Å². The number of imidazole rings is 1. The van der Waals surface area contributed by atoms with Crippen molar-refractivity contribution in [2.45, 2.75) is 72.1 Å². The van der Waals surface area contributed by atoms with Crippen LogP contribution < -0.4 is 0 Å². The third-order valence-electron chi connectivity index (χ3n) is 10.9. The Hall–Kier alpha value is -6.26. The number of pyridine rings is 1. The predicted octanol–water partition coefficient (Wildman–Crippen LogP) is 14.2. The molecule has 1 N–H and O–H groups in total. The van der Waals surface area contributed by atoms with Gasteiger partial charge >= 0.3 is 0 Å². The SMILES string of the molecule is [2H]C(C)(C)c1ccc(-c2ccnc(-c3cc(-c4cccc5c4nc(-c4ccccc4O)n5-c4ccc(-c5ccccc5)cc4C(C)(C)C)cc(C(C)(C)C)c3)c2)cc1. The molecule has 4 nitrogen and oxygen atoms in total. The average molecular weight is 747 g/mol. The van der Waals surface area contributed by atoms with E-state index in [1.165, 1.54) is 16.7 Å². The van der Waals surface area contributed by atoms with Crippen molar-refractivity contribution in [3.63, 3.8) is 0 Å². The van der Waals surface area contributed by atoms with Crippen molar-refractivity contribution in [1.29, 1.82) is 0 Å². The maximum absolute atomic E-state index is 11.3. The van der Waals surface area contributed by atoms with Crippen LogP contribution in [0.2, 0.25) is 0 Å². The highest BCUT2D eigenvalue weighted by atomic mass is 16.3. The average Bonchev–Trinajstić information content (AvgIpc) is 3.59. The van der Waals surface area contributed by atoms with Gasteiger partial charge in [-0.15, -0.1) is 0 Å². The number of para-hydroxylation sites is 2. The fourth-order valence-corrected chi connectivity index (χ4v) is 7.69. The van der Waals surface area contributed by atoms with E-state index < -0.39 is 5.89 Å². The molecule has 57 heavy (non-hydrogen) atoms. The van der Waals surface area contributed by atoms with Crippen LogP contribution in [0.1, 0.15) is 79.3 Å². The Morgan fingerprint density at radius 3 is 1.93 bits per heavy atom. The third kappa shape index (κ3) is 7.40.